The Bertz CT molecular complexity index is 1350. The third kappa shape index (κ3) is 3.66. The number of carbonyl (C=O) groups is 1. The topological polar surface area (TPSA) is 90.0 Å². The molecule has 0 unspecified atom stereocenters. The largest absolute Gasteiger partial charge is 0.345 e. The van der Waals surface area contributed by atoms with Gasteiger partial charge < -0.3 is 9.72 Å². The van der Waals surface area contributed by atoms with Gasteiger partial charge in [0.05, 0.1) is 30.3 Å². The number of aryl methyl sites for hydroxylation is 1. The Morgan fingerprint density at radius 1 is 0.968 bits per heavy atom. The minimum absolute atomic E-state index is 0.238. The number of rotatable bonds is 5. The highest BCUT2D eigenvalue weighted by Gasteiger charge is 2.16. The summed E-state index contributed by atoms with van der Waals surface area (Å²) in [6.45, 7) is 2.16. The lowest BCUT2D eigenvalue weighted by molar-refractivity contribution is 0.0942. The zero-order valence-corrected chi connectivity index (χ0v) is 16.8. The highest BCUT2D eigenvalue weighted by molar-refractivity contribution is 5.93. The molecule has 8 nitrogen and oxygen atoms in total. The third-order valence-electron chi connectivity index (χ3n) is 4.98. The number of pyridine rings is 2. The minimum Gasteiger partial charge on any atom is -0.345 e. The number of carbonyl (C=O) groups excluding carboxylic acids is 1. The number of nitrogens with one attached hydrogen (secondary N) is 1. The normalized spacial score (nSPS) is 11.0. The summed E-state index contributed by atoms with van der Waals surface area (Å²) in [5, 5.41) is 7.28. The molecule has 0 spiro atoms. The molecular weight excluding hydrogens is 390 g/mol. The molecule has 1 amide bonds. The van der Waals surface area contributed by atoms with Crippen molar-refractivity contribution in [2.75, 3.05) is 0 Å². The van der Waals surface area contributed by atoms with Crippen molar-refractivity contribution in [3.8, 4) is 16.9 Å². The van der Waals surface area contributed by atoms with Crippen LogP contribution < -0.4 is 5.32 Å². The average Bonchev–Trinajstić information content (AvgIpc) is 3.45. The molecule has 0 radical (unpaired) electrons. The van der Waals surface area contributed by atoms with Gasteiger partial charge in [-0.2, -0.15) is 5.10 Å². The molecule has 1 N–H and O–H groups in total. The SMILES string of the molecule is Cc1cnc(CNC(=O)c2ccnn2-c2ccc3ccc(-c4cccnc4)cn23)cn1. The van der Waals surface area contributed by atoms with Crippen LogP contribution in [0.2, 0.25) is 0 Å². The van der Waals surface area contributed by atoms with Gasteiger partial charge in [0, 0.05) is 35.9 Å². The zero-order valence-electron chi connectivity index (χ0n) is 16.8. The summed E-state index contributed by atoms with van der Waals surface area (Å²) in [6.07, 6.45) is 10.6. The minimum atomic E-state index is -0.238. The molecule has 0 atom stereocenters. The lowest BCUT2D eigenvalue weighted by Gasteiger charge is -2.10. The summed E-state index contributed by atoms with van der Waals surface area (Å²) in [5.41, 5.74) is 5.00. The average molecular weight is 409 g/mol. The van der Waals surface area contributed by atoms with Crippen LogP contribution >= 0.6 is 0 Å². The second kappa shape index (κ2) is 7.83. The maximum Gasteiger partial charge on any atom is 0.270 e. The molecule has 0 aliphatic heterocycles. The van der Waals surface area contributed by atoms with Crippen LogP contribution in [0.5, 0.6) is 0 Å². The van der Waals surface area contributed by atoms with Crippen molar-refractivity contribution in [2.24, 2.45) is 0 Å². The van der Waals surface area contributed by atoms with Crippen molar-refractivity contribution >= 4 is 11.4 Å². The molecule has 5 aromatic rings. The van der Waals surface area contributed by atoms with E-state index in [1.807, 2.05) is 54.0 Å². The Morgan fingerprint density at radius 2 is 1.87 bits per heavy atom. The first kappa shape index (κ1) is 18.7. The predicted octanol–water partition coefficient (Wildman–Crippen LogP) is 3.22. The van der Waals surface area contributed by atoms with Crippen LogP contribution in [0.1, 0.15) is 21.9 Å². The van der Waals surface area contributed by atoms with E-state index in [4.69, 9.17) is 0 Å². The second-order valence-electron chi connectivity index (χ2n) is 7.11. The molecule has 8 heteroatoms. The van der Waals surface area contributed by atoms with Gasteiger partial charge in [-0.05, 0) is 42.8 Å². The number of nitrogens with zero attached hydrogens (tertiary/aromatic N) is 6. The molecular formula is C23H19N7O. The summed E-state index contributed by atoms with van der Waals surface area (Å²) < 4.78 is 3.65. The van der Waals surface area contributed by atoms with Gasteiger partial charge in [0.1, 0.15) is 11.5 Å². The van der Waals surface area contributed by atoms with Gasteiger partial charge in [-0.15, -0.1) is 0 Å². The van der Waals surface area contributed by atoms with Gasteiger partial charge in [-0.3, -0.25) is 19.7 Å². The molecule has 5 rings (SSSR count). The number of fused-ring (bicyclic) bond motifs is 1. The van der Waals surface area contributed by atoms with Crippen LogP contribution in [-0.4, -0.2) is 35.0 Å². The number of hydrogen-bond acceptors (Lipinski definition) is 5. The van der Waals surface area contributed by atoms with Crippen LogP contribution in [0.25, 0.3) is 22.5 Å². The van der Waals surface area contributed by atoms with E-state index in [2.05, 4.69) is 31.4 Å². The van der Waals surface area contributed by atoms with Gasteiger partial charge in [0.2, 0.25) is 0 Å². The summed E-state index contributed by atoms with van der Waals surface area (Å²) >= 11 is 0. The van der Waals surface area contributed by atoms with Crippen molar-refractivity contribution < 1.29 is 4.79 Å². The smallest absolute Gasteiger partial charge is 0.270 e. The first-order valence-electron chi connectivity index (χ1n) is 9.81. The van der Waals surface area contributed by atoms with Gasteiger partial charge in [0.25, 0.3) is 5.91 Å². The molecule has 31 heavy (non-hydrogen) atoms. The van der Waals surface area contributed by atoms with Gasteiger partial charge >= 0.3 is 0 Å². The van der Waals surface area contributed by atoms with Crippen molar-refractivity contribution in [2.45, 2.75) is 13.5 Å². The molecule has 152 valence electrons. The molecule has 0 fully saturated rings. The van der Waals surface area contributed by atoms with Crippen molar-refractivity contribution in [3.05, 3.63) is 96.7 Å². The number of hydrogen-bond donors (Lipinski definition) is 1. The summed E-state index contributed by atoms with van der Waals surface area (Å²) in [4.78, 5) is 25.5. The maximum absolute atomic E-state index is 12.8. The van der Waals surface area contributed by atoms with Gasteiger partial charge in [0.15, 0.2) is 0 Å². The van der Waals surface area contributed by atoms with Crippen LogP contribution in [0.3, 0.4) is 0 Å². The highest BCUT2D eigenvalue weighted by Crippen LogP contribution is 2.23. The van der Waals surface area contributed by atoms with Gasteiger partial charge in [-0.25, -0.2) is 4.68 Å². The Labute approximate surface area is 178 Å². The van der Waals surface area contributed by atoms with E-state index < -0.39 is 0 Å². The second-order valence-corrected chi connectivity index (χ2v) is 7.11. The predicted molar refractivity (Wildman–Crippen MR) is 116 cm³/mol. The van der Waals surface area contributed by atoms with Crippen molar-refractivity contribution in [1.82, 2.24) is 34.4 Å². The van der Waals surface area contributed by atoms with E-state index in [9.17, 15) is 4.79 Å². The van der Waals surface area contributed by atoms with Crippen LogP contribution in [-0.2, 0) is 6.54 Å². The Hall–Kier alpha value is -4.33. The molecule has 5 aromatic heterocycles. The Morgan fingerprint density at radius 3 is 2.68 bits per heavy atom. The van der Waals surface area contributed by atoms with E-state index in [-0.39, 0.29) is 12.5 Å². The van der Waals surface area contributed by atoms with E-state index in [1.54, 1.807) is 35.5 Å². The standard InChI is InChI=1S/C23H19N7O/c1-16-11-26-19(13-25-16)14-27-23(31)21-8-10-28-30(21)22-7-6-20-5-4-18(15-29(20)22)17-3-2-9-24-12-17/h2-13,15H,14H2,1H3,(H,27,31). The van der Waals surface area contributed by atoms with E-state index in [1.165, 1.54) is 0 Å². The summed E-state index contributed by atoms with van der Waals surface area (Å²) in [7, 11) is 0. The first-order chi connectivity index (χ1) is 15.2. The van der Waals surface area contributed by atoms with Gasteiger partial charge in [-0.1, -0.05) is 12.1 Å². The third-order valence-corrected chi connectivity index (χ3v) is 4.98. The first-order valence-corrected chi connectivity index (χ1v) is 9.81. The molecule has 0 saturated heterocycles. The Balaban J connectivity index is 1.45. The van der Waals surface area contributed by atoms with Crippen LogP contribution in [0.15, 0.2) is 79.6 Å². The molecule has 0 aliphatic carbocycles. The lowest BCUT2D eigenvalue weighted by atomic mass is 10.1. The van der Waals surface area contributed by atoms with E-state index in [0.29, 0.717) is 11.4 Å². The molecule has 0 saturated carbocycles. The van der Waals surface area contributed by atoms with Crippen molar-refractivity contribution in [1.29, 1.82) is 0 Å². The summed E-state index contributed by atoms with van der Waals surface area (Å²) in [5.74, 6) is 0.532. The maximum atomic E-state index is 12.8. The van der Waals surface area contributed by atoms with Crippen LogP contribution in [0, 0.1) is 6.92 Å². The van der Waals surface area contributed by atoms with E-state index in [0.717, 1.165) is 28.2 Å². The lowest BCUT2D eigenvalue weighted by Crippen LogP contribution is -2.26. The number of amides is 1. The molecule has 5 heterocycles. The highest BCUT2D eigenvalue weighted by atomic mass is 16.2. The number of aromatic nitrogens is 6. The quantitative estimate of drug-likeness (QED) is 0.481. The summed E-state index contributed by atoms with van der Waals surface area (Å²) in [6, 6.07) is 13.6. The molecule has 0 bridgehead atoms. The monoisotopic (exact) mass is 409 g/mol. The zero-order chi connectivity index (χ0) is 21.2. The fraction of sp³-hybridized carbons (Fsp3) is 0.0870. The fourth-order valence-corrected chi connectivity index (χ4v) is 3.39. The van der Waals surface area contributed by atoms with E-state index >= 15 is 0 Å². The molecule has 0 aromatic carbocycles. The van der Waals surface area contributed by atoms with Crippen LogP contribution in [0.4, 0.5) is 0 Å². The Kier molecular flexibility index (Phi) is 4.72. The van der Waals surface area contributed by atoms with Crippen molar-refractivity contribution in [3.63, 3.8) is 0 Å². The fourth-order valence-electron chi connectivity index (χ4n) is 3.39. The molecule has 0 aliphatic rings.